The molecule has 0 spiro atoms. The van der Waals surface area contributed by atoms with Gasteiger partial charge in [0, 0.05) is 0 Å². The van der Waals surface area contributed by atoms with Crippen LogP contribution in [-0.2, 0) is 23.7 Å². The minimum Gasteiger partial charge on any atom is -0.384 e. The Morgan fingerprint density at radius 2 is 1.58 bits per heavy atom. The molecule has 0 unspecified atom stereocenters. The number of fused-ring (bicyclic) bond motifs is 1. The molecule has 3 aliphatic heterocycles. The Balaban J connectivity index is 1.77. The predicted molar refractivity (Wildman–Crippen MR) is 64.2 cm³/mol. The fraction of sp³-hybridized carbons (Fsp3) is 1.00. The Kier molecular flexibility index (Phi) is 2.82. The summed E-state index contributed by atoms with van der Waals surface area (Å²) in [4.78, 5) is 0. The smallest absolute Gasteiger partial charge is 0.190 e. The first-order valence-corrected chi connectivity index (χ1v) is 6.66. The third-order valence-electron chi connectivity index (χ3n) is 3.86. The van der Waals surface area contributed by atoms with E-state index in [2.05, 4.69) is 0 Å². The molecule has 110 valence electrons. The maximum atomic E-state index is 10.7. The van der Waals surface area contributed by atoms with Crippen LogP contribution in [0.1, 0.15) is 34.6 Å². The summed E-state index contributed by atoms with van der Waals surface area (Å²) in [6, 6.07) is 0. The summed E-state index contributed by atoms with van der Waals surface area (Å²) in [6.45, 7) is 9.37. The van der Waals surface area contributed by atoms with E-state index in [4.69, 9.17) is 23.7 Å². The summed E-state index contributed by atoms with van der Waals surface area (Å²) in [7, 11) is 0. The lowest BCUT2D eigenvalue weighted by Crippen LogP contribution is -2.51. The number of hydrogen-bond acceptors (Lipinski definition) is 6. The summed E-state index contributed by atoms with van der Waals surface area (Å²) >= 11 is 0. The molecule has 0 aromatic rings. The number of hydrogen-bond donors (Lipinski definition) is 1. The molecule has 3 aliphatic rings. The van der Waals surface area contributed by atoms with E-state index in [0.717, 1.165) is 0 Å². The fourth-order valence-electron chi connectivity index (χ4n) is 3.00. The highest BCUT2D eigenvalue weighted by molar-refractivity contribution is 5.06. The maximum Gasteiger partial charge on any atom is 0.190 e. The van der Waals surface area contributed by atoms with Crippen LogP contribution in [0.15, 0.2) is 0 Å². The van der Waals surface area contributed by atoms with Crippen LogP contribution in [-0.4, -0.2) is 53.5 Å². The van der Waals surface area contributed by atoms with Crippen LogP contribution < -0.4 is 0 Å². The van der Waals surface area contributed by atoms with Gasteiger partial charge in [-0.15, -0.1) is 0 Å². The van der Waals surface area contributed by atoms with Gasteiger partial charge in [-0.2, -0.15) is 0 Å². The van der Waals surface area contributed by atoms with Gasteiger partial charge in [-0.05, 0) is 34.6 Å². The van der Waals surface area contributed by atoms with Crippen LogP contribution in [0.2, 0.25) is 0 Å². The molecule has 0 aromatic heterocycles. The molecule has 3 saturated heterocycles. The van der Waals surface area contributed by atoms with E-state index in [1.165, 1.54) is 0 Å². The highest BCUT2D eigenvalue weighted by Crippen LogP contribution is 2.45. The van der Waals surface area contributed by atoms with Crippen molar-refractivity contribution in [3.8, 4) is 0 Å². The summed E-state index contributed by atoms with van der Waals surface area (Å²) in [6.07, 6.45) is -1.94. The second-order valence-corrected chi connectivity index (χ2v) is 6.57. The molecule has 5 atom stereocenters. The van der Waals surface area contributed by atoms with Crippen LogP contribution >= 0.6 is 0 Å². The van der Waals surface area contributed by atoms with Gasteiger partial charge < -0.3 is 28.8 Å². The average molecular weight is 274 g/mol. The molecule has 0 bridgehead atoms. The fourth-order valence-corrected chi connectivity index (χ4v) is 3.00. The Morgan fingerprint density at radius 1 is 0.895 bits per heavy atom. The van der Waals surface area contributed by atoms with Crippen molar-refractivity contribution < 1.29 is 28.8 Å². The largest absolute Gasteiger partial charge is 0.384 e. The van der Waals surface area contributed by atoms with Crippen molar-refractivity contribution in [2.75, 3.05) is 6.61 Å². The van der Waals surface area contributed by atoms with Gasteiger partial charge in [0.1, 0.15) is 23.9 Å². The first kappa shape index (κ1) is 13.7. The minimum atomic E-state index is -1.17. The average Bonchev–Trinajstić information content (AvgIpc) is 2.80. The van der Waals surface area contributed by atoms with Crippen molar-refractivity contribution in [2.45, 2.75) is 76.4 Å². The Bertz CT molecular complexity index is 377. The van der Waals surface area contributed by atoms with Gasteiger partial charge in [0.15, 0.2) is 17.9 Å². The molecule has 1 N–H and O–H groups in total. The molecule has 0 radical (unpaired) electrons. The van der Waals surface area contributed by atoms with Crippen molar-refractivity contribution in [3.05, 3.63) is 0 Å². The highest BCUT2D eigenvalue weighted by atomic mass is 16.8. The molecular weight excluding hydrogens is 252 g/mol. The molecule has 6 nitrogen and oxygen atoms in total. The molecular formula is C13H22O6. The number of rotatable bonds is 1. The van der Waals surface area contributed by atoms with E-state index in [1.54, 1.807) is 20.8 Å². The minimum absolute atomic E-state index is 0.328. The lowest BCUT2D eigenvalue weighted by molar-refractivity contribution is -0.245. The molecule has 0 amide bonds. The van der Waals surface area contributed by atoms with Gasteiger partial charge in [0.25, 0.3) is 0 Å². The zero-order valence-electron chi connectivity index (χ0n) is 12.0. The quantitative estimate of drug-likeness (QED) is 0.761. The highest BCUT2D eigenvalue weighted by Gasteiger charge is 2.63. The number of ether oxygens (including phenoxy) is 5. The van der Waals surface area contributed by atoms with Crippen LogP contribution in [0, 0.1) is 0 Å². The summed E-state index contributed by atoms with van der Waals surface area (Å²) in [5, 5.41) is 10.7. The zero-order valence-corrected chi connectivity index (χ0v) is 12.0. The molecule has 0 aliphatic carbocycles. The number of aliphatic hydroxyl groups is 1. The first-order valence-electron chi connectivity index (χ1n) is 6.66. The Morgan fingerprint density at radius 3 is 2.11 bits per heavy atom. The van der Waals surface area contributed by atoms with Gasteiger partial charge in [0.2, 0.25) is 0 Å². The second kappa shape index (κ2) is 3.90. The SMILES string of the molecule is CC1(C)OC[C@@H]([C@H]2O[C@@H]3OC(C)(C)O[C@@H]3[C@]2(C)O)O1. The van der Waals surface area contributed by atoms with E-state index < -0.39 is 35.7 Å². The molecule has 19 heavy (non-hydrogen) atoms. The molecule has 6 heteroatoms. The lowest BCUT2D eigenvalue weighted by Gasteiger charge is -2.33. The topological polar surface area (TPSA) is 66.4 Å². The van der Waals surface area contributed by atoms with Gasteiger partial charge >= 0.3 is 0 Å². The molecule has 3 rings (SSSR count). The predicted octanol–water partition coefficient (Wildman–Crippen LogP) is 0.765. The summed E-state index contributed by atoms with van der Waals surface area (Å²) in [5.41, 5.74) is -1.17. The van der Waals surface area contributed by atoms with Crippen LogP contribution in [0.25, 0.3) is 0 Å². The molecule has 0 aromatic carbocycles. The summed E-state index contributed by atoms with van der Waals surface area (Å²) in [5.74, 6) is -1.39. The van der Waals surface area contributed by atoms with Gasteiger partial charge in [-0.1, -0.05) is 0 Å². The van der Waals surface area contributed by atoms with E-state index in [1.807, 2.05) is 13.8 Å². The summed E-state index contributed by atoms with van der Waals surface area (Å²) < 4.78 is 28.5. The normalized spacial score (nSPS) is 51.5. The van der Waals surface area contributed by atoms with Crippen molar-refractivity contribution in [3.63, 3.8) is 0 Å². The Hall–Kier alpha value is -0.240. The van der Waals surface area contributed by atoms with Gasteiger partial charge in [-0.3, -0.25) is 0 Å². The van der Waals surface area contributed by atoms with Crippen molar-refractivity contribution in [2.24, 2.45) is 0 Å². The first-order chi connectivity index (χ1) is 8.61. The zero-order chi connectivity index (χ0) is 14.1. The van der Waals surface area contributed by atoms with E-state index >= 15 is 0 Å². The second-order valence-electron chi connectivity index (χ2n) is 6.57. The van der Waals surface area contributed by atoms with E-state index in [0.29, 0.717) is 6.61 Å². The van der Waals surface area contributed by atoms with Crippen molar-refractivity contribution in [1.82, 2.24) is 0 Å². The van der Waals surface area contributed by atoms with Gasteiger partial charge in [-0.25, -0.2) is 0 Å². The molecule has 3 heterocycles. The van der Waals surface area contributed by atoms with E-state index in [9.17, 15) is 5.11 Å². The third-order valence-corrected chi connectivity index (χ3v) is 3.86. The molecule has 0 saturated carbocycles. The van der Waals surface area contributed by atoms with Crippen LogP contribution in [0.5, 0.6) is 0 Å². The van der Waals surface area contributed by atoms with Gasteiger partial charge in [0.05, 0.1) is 6.61 Å². The lowest BCUT2D eigenvalue weighted by atomic mass is 9.91. The molecule has 3 fully saturated rings. The van der Waals surface area contributed by atoms with Crippen molar-refractivity contribution in [1.29, 1.82) is 0 Å². The monoisotopic (exact) mass is 274 g/mol. The van der Waals surface area contributed by atoms with Crippen LogP contribution in [0.4, 0.5) is 0 Å². The van der Waals surface area contributed by atoms with E-state index in [-0.39, 0.29) is 6.10 Å². The Labute approximate surface area is 112 Å². The van der Waals surface area contributed by atoms with Crippen LogP contribution in [0.3, 0.4) is 0 Å². The standard InChI is InChI=1S/C13H22O6/c1-11(2)15-6-7(17-11)8-13(5,14)9-10(16-8)19-12(3,4)18-9/h7-10,14H,6H2,1-5H3/t7-,8+,9-,10+,13+/m0/s1. The van der Waals surface area contributed by atoms with Crippen molar-refractivity contribution >= 4 is 0 Å². The maximum absolute atomic E-state index is 10.7. The third kappa shape index (κ3) is 2.20.